The molecular weight excluding hydrogens is 336 g/mol. The van der Waals surface area contributed by atoms with E-state index in [9.17, 15) is 14.7 Å². The molecule has 144 valence electrons. The van der Waals surface area contributed by atoms with E-state index in [0.29, 0.717) is 12.0 Å². The monoisotopic (exact) mass is 364 g/mol. The number of esters is 2. The molecule has 8 unspecified atom stereocenters. The number of allylic oxidation sites excluding steroid dienone is 1. The zero-order valence-corrected chi connectivity index (χ0v) is 16.1. The second kappa shape index (κ2) is 5.32. The van der Waals surface area contributed by atoms with Crippen LogP contribution >= 0.6 is 0 Å². The number of hydrogen-bond donors (Lipinski definition) is 1. The number of rotatable bonds is 2. The minimum atomic E-state index is -1.05. The number of epoxide rings is 1. The fraction of sp³-hybridized carbons (Fsp3) is 0.800. The van der Waals surface area contributed by atoms with Crippen molar-refractivity contribution in [2.45, 2.75) is 77.5 Å². The molecule has 0 radical (unpaired) electrons. The highest BCUT2D eigenvalue weighted by atomic mass is 16.8. The van der Waals surface area contributed by atoms with Crippen molar-refractivity contribution in [3.63, 3.8) is 0 Å². The van der Waals surface area contributed by atoms with E-state index in [2.05, 4.69) is 6.92 Å². The summed E-state index contributed by atoms with van der Waals surface area (Å²) in [6.07, 6.45) is 2.63. The maximum atomic E-state index is 12.3. The Balaban J connectivity index is 1.69. The molecule has 2 saturated carbocycles. The summed E-state index contributed by atoms with van der Waals surface area (Å²) < 4.78 is 17.4. The maximum Gasteiger partial charge on any atom is 0.333 e. The normalized spacial score (nSPS) is 52.5. The zero-order valence-electron chi connectivity index (χ0n) is 16.1. The lowest BCUT2D eigenvalue weighted by atomic mass is 9.50. The van der Waals surface area contributed by atoms with Gasteiger partial charge in [0.05, 0.1) is 12.0 Å². The summed E-state index contributed by atoms with van der Waals surface area (Å²) in [6, 6.07) is 0. The summed E-state index contributed by atoms with van der Waals surface area (Å²) in [7, 11) is 0. The Morgan fingerprint density at radius 1 is 1.35 bits per heavy atom. The van der Waals surface area contributed by atoms with Crippen LogP contribution in [0.25, 0.3) is 0 Å². The minimum absolute atomic E-state index is 0.122. The smallest absolute Gasteiger partial charge is 0.333 e. The topological polar surface area (TPSA) is 85.4 Å². The van der Waals surface area contributed by atoms with Crippen molar-refractivity contribution in [1.82, 2.24) is 0 Å². The first-order valence-electron chi connectivity index (χ1n) is 9.59. The van der Waals surface area contributed by atoms with E-state index in [4.69, 9.17) is 14.2 Å². The first-order valence-corrected chi connectivity index (χ1v) is 9.59. The van der Waals surface area contributed by atoms with Gasteiger partial charge in [0.1, 0.15) is 6.10 Å². The van der Waals surface area contributed by atoms with Gasteiger partial charge in [0.25, 0.3) is 0 Å². The molecule has 2 heterocycles. The van der Waals surface area contributed by atoms with Gasteiger partial charge in [-0.1, -0.05) is 19.9 Å². The van der Waals surface area contributed by atoms with Gasteiger partial charge in [-0.3, -0.25) is 4.79 Å². The molecule has 8 atom stereocenters. The molecule has 4 rings (SSSR count). The lowest BCUT2D eigenvalue weighted by molar-refractivity contribution is -0.190. The third-order valence-corrected chi connectivity index (χ3v) is 7.84. The molecule has 0 aromatic heterocycles. The van der Waals surface area contributed by atoms with Gasteiger partial charge >= 0.3 is 11.9 Å². The second-order valence-electron chi connectivity index (χ2n) is 8.76. The van der Waals surface area contributed by atoms with E-state index >= 15 is 0 Å². The fourth-order valence-corrected chi connectivity index (χ4v) is 5.69. The summed E-state index contributed by atoms with van der Waals surface area (Å²) in [5, 5.41) is 11.4. The van der Waals surface area contributed by atoms with Gasteiger partial charge in [0.15, 0.2) is 5.60 Å². The molecule has 2 saturated heterocycles. The largest absolute Gasteiger partial charge is 0.459 e. The van der Waals surface area contributed by atoms with Gasteiger partial charge in [0.2, 0.25) is 5.79 Å². The number of carbonyl (C=O) groups excluding carboxylic acids is 2. The standard InChI is InChI=1S/C20H28O6/c1-6-10(2)15(21)24-14-8-7-11(3)18(5)13(14)9-19-20(26-19,17(18)23)12(4)16(22)25-19/h6,11-14,17,23H,7-9H2,1-5H3. The van der Waals surface area contributed by atoms with Crippen LogP contribution in [0.3, 0.4) is 0 Å². The van der Waals surface area contributed by atoms with Crippen LogP contribution < -0.4 is 0 Å². The van der Waals surface area contributed by atoms with Crippen LogP contribution in [0.2, 0.25) is 0 Å². The number of aliphatic hydroxyl groups is 1. The van der Waals surface area contributed by atoms with Gasteiger partial charge in [-0.2, -0.15) is 0 Å². The highest BCUT2D eigenvalue weighted by Crippen LogP contribution is 2.73. The van der Waals surface area contributed by atoms with E-state index < -0.39 is 28.8 Å². The van der Waals surface area contributed by atoms with Crippen LogP contribution in [0, 0.1) is 23.2 Å². The summed E-state index contributed by atoms with van der Waals surface area (Å²) in [5.41, 5.74) is -0.887. The Morgan fingerprint density at radius 2 is 2.04 bits per heavy atom. The van der Waals surface area contributed by atoms with Gasteiger partial charge in [-0.05, 0) is 39.5 Å². The number of fused-ring (bicyclic) bond motifs is 1. The molecule has 2 aliphatic carbocycles. The Kier molecular flexibility index (Phi) is 3.68. The SMILES string of the molecule is CC=C(C)C(=O)OC1CCC(C)C2(C)C1CC13OC(=O)C(C)C1(O3)C2O. The molecule has 0 aromatic rings. The van der Waals surface area contributed by atoms with Crippen molar-refractivity contribution in [2.75, 3.05) is 0 Å². The van der Waals surface area contributed by atoms with Crippen molar-refractivity contribution < 1.29 is 28.9 Å². The van der Waals surface area contributed by atoms with E-state index in [0.717, 1.165) is 12.8 Å². The fourth-order valence-electron chi connectivity index (χ4n) is 5.69. The van der Waals surface area contributed by atoms with Crippen molar-refractivity contribution in [3.8, 4) is 0 Å². The molecule has 0 aromatic carbocycles. The molecule has 4 aliphatic rings. The van der Waals surface area contributed by atoms with E-state index in [1.807, 2.05) is 6.92 Å². The zero-order chi connectivity index (χ0) is 19.1. The Hall–Kier alpha value is -1.40. The quantitative estimate of drug-likeness (QED) is 0.460. The van der Waals surface area contributed by atoms with Crippen molar-refractivity contribution in [1.29, 1.82) is 0 Å². The van der Waals surface area contributed by atoms with E-state index in [-0.39, 0.29) is 29.9 Å². The summed E-state index contributed by atoms with van der Waals surface area (Å²) in [6.45, 7) is 9.48. The van der Waals surface area contributed by atoms with Gasteiger partial charge in [0, 0.05) is 23.3 Å². The minimum Gasteiger partial charge on any atom is -0.459 e. The van der Waals surface area contributed by atoms with Gasteiger partial charge in [-0.15, -0.1) is 0 Å². The molecule has 4 fully saturated rings. The van der Waals surface area contributed by atoms with E-state index in [1.54, 1.807) is 26.8 Å². The van der Waals surface area contributed by atoms with Crippen molar-refractivity contribution >= 4 is 11.9 Å². The van der Waals surface area contributed by atoms with Crippen molar-refractivity contribution in [2.24, 2.45) is 23.2 Å². The van der Waals surface area contributed by atoms with Crippen LogP contribution in [-0.2, 0) is 23.8 Å². The number of aliphatic hydroxyl groups excluding tert-OH is 1. The molecule has 6 nitrogen and oxygen atoms in total. The Bertz CT molecular complexity index is 700. The molecule has 0 amide bonds. The van der Waals surface area contributed by atoms with Crippen LogP contribution in [-0.4, -0.2) is 40.6 Å². The Labute approximate surface area is 153 Å². The average molecular weight is 364 g/mol. The van der Waals surface area contributed by atoms with Crippen LogP contribution in [0.5, 0.6) is 0 Å². The Morgan fingerprint density at radius 3 is 2.69 bits per heavy atom. The first-order chi connectivity index (χ1) is 12.1. The highest BCUT2D eigenvalue weighted by molar-refractivity contribution is 5.87. The van der Waals surface area contributed by atoms with Gasteiger partial charge < -0.3 is 19.3 Å². The number of carbonyl (C=O) groups is 2. The van der Waals surface area contributed by atoms with Crippen LogP contribution in [0.1, 0.15) is 53.9 Å². The average Bonchev–Trinajstić information content (AvgIpc) is 3.22. The maximum absolute atomic E-state index is 12.3. The molecule has 26 heavy (non-hydrogen) atoms. The predicted molar refractivity (Wildman–Crippen MR) is 91.7 cm³/mol. The second-order valence-corrected chi connectivity index (χ2v) is 8.76. The van der Waals surface area contributed by atoms with Gasteiger partial charge in [-0.25, -0.2) is 4.79 Å². The molecular formula is C20H28O6. The molecule has 1 N–H and O–H groups in total. The van der Waals surface area contributed by atoms with Crippen LogP contribution in [0.4, 0.5) is 0 Å². The van der Waals surface area contributed by atoms with Crippen molar-refractivity contribution in [3.05, 3.63) is 11.6 Å². The third-order valence-electron chi connectivity index (χ3n) is 7.84. The third kappa shape index (κ3) is 1.89. The van der Waals surface area contributed by atoms with E-state index in [1.165, 1.54) is 0 Å². The molecule has 0 bridgehead atoms. The number of hydrogen-bond acceptors (Lipinski definition) is 6. The highest BCUT2D eigenvalue weighted by Gasteiger charge is 2.90. The number of ether oxygens (including phenoxy) is 3. The lowest BCUT2D eigenvalue weighted by Gasteiger charge is -2.55. The predicted octanol–water partition coefficient (Wildman–Crippen LogP) is 2.34. The van der Waals surface area contributed by atoms with Crippen LogP contribution in [0.15, 0.2) is 11.6 Å². The molecule has 6 heteroatoms. The molecule has 2 aliphatic heterocycles. The first kappa shape index (κ1) is 18.0. The summed E-state index contributed by atoms with van der Waals surface area (Å²) >= 11 is 0. The summed E-state index contributed by atoms with van der Waals surface area (Å²) in [5.74, 6) is -2.08. The molecule has 0 spiro atoms. The lowest BCUT2D eigenvalue weighted by Crippen LogP contribution is -2.63. The summed E-state index contributed by atoms with van der Waals surface area (Å²) in [4.78, 5) is 24.5.